The van der Waals surface area contributed by atoms with Crippen LogP contribution in [0, 0.1) is 0 Å². The monoisotopic (exact) mass is 245 g/mol. The Kier molecular flexibility index (Phi) is 3.23. The maximum Gasteiger partial charge on any atom is 0.236 e. The van der Waals surface area contributed by atoms with Gasteiger partial charge in [0.25, 0.3) is 0 Å². The minimum atomic E-state index is 0.284. The van der Waals surface area contributed by atoms with Crippen LogP contribution in [-0.2, 0) is 6.61 Å². The summed E-state index contributed by atoms with van der Waals surface area (Å²) in [5.41, 5.74) is 9.35. The van der Waals surface area contributed by atoms with Gasteiger partial charge in [-0.05, 0) is 18.6 Å². The molecule has 0 aliphatic carbocycles. The molecule has 0 amide bonds. The molecule has 5 nitrogen and oxygen atoms in total. The van der Waals surface area contributed by atoms with Crippen LogP contribution in [0.4, 0.5) is 5.69 Å². The van der Waals surface area contributed by atoms with Crippen LogP contribution in [0.15, 0.2) is 37.0 Å². The van der Waals surface area contributed by atoms with Gasteiger partial charge in [-0.3, -0.25) is 0 Å². The van der Waals surface area contributed by atoms with Crippen LogP contribution >= 0.6 is 0 Å². The number of anilines is 1. The zero-order chi connectivity index (χ0) is 13.1. The van der Waals surface area contributed by atoms with Gasteiger partial charge in [0.2, 0.25) is 5.88 Å². The molecule has 0 spiro atoms. The number of allylic oxidation sites excluding steroid dienone is 1. The Morgan fingerprint density at radius 2 is 2.28 bits per heavy atom. The van der Waals surface area contributed by atoms with E-state index in [9.17, 15) is 0 Å². The first-order valence-corrected chi connectivity index (χ1v) is 5.49. The average Bonchev–Trinajstić information content (AvgIpc) is 2.73. The van der Waals surface area contributed by atoms with Crippen molar-refractivity contribution in [1.29, 1.82) is 0 Å². The zero-order valence-electron chi connectivity index (χ0n) is 10.1. The maximum atomic E-state index is 9.03. The molecule has 0 aliphatic heterocycles. The lowest BCUT2D eigenvalue weighted by atomic mass is 10.0. The Morgan fingerprint density at radius 1 is 1.50 bits per heavy atom. The molecule has 0 atom stereocenters. The second-order valence-electron chi connectivity index (χ2n) is 4.02. The summed E-state index contributed by atoms with van der Waals surface area (Å²) in [6, 6.07) is 7.21. The van der Waals surface area contributed by atoms with E-state index in [1.54, 1.807) is 6.07 Å². The van der Waals surface area contributed by atoms with Gasteiger partial charge < -0.3 is 15.7 Å². The Labute approximate surface area is 105 Å². The number of nitrogens with zero attached hydrogens (tertiary/aromatic N) is 2. The summed E-state index contributed by atoms with van der Waals surface area (Å²) in [5.74, 6) is 0.341. The summed E-state index contributed by atoms with van der Waals surface area (Å²) < 4.78 is 5.47. The fraction of sp³-hybridized carbons (Fsp3) is 0.154. The molecule has 3 N–H and O–H groups in total. The summed E-state index contributed by atoms with van der Waals surface area (Å²) in [6.07, 6.45) is 1.39. The van der Waals surface area contributed by atoms with E-state index in [4.69, 9.17) is 15.7 Å². The van der Waals surface area contributed by atoms with E-state index in [1.807, 2.05) is 25.1 Å². The minimum absolute atomic E-state index is 0.284. The van der Waals surface area contributed by atoms with Crippen LogP contribution in [0.25, 0.3) is 5.57 Å². The molecule has 1 aromatic heterocycles. The van der Waals surface area contributed by atoms with Crippen LogP contribution in [0.2, 0.25) is 0 Å². The number of hydrogen-bond donors (Lipinski definition) is 2. The van der Waals surface area contributed by atoms with Crippen molar-refractivity contribution in [1.82, 2.24) is 9.94 Å². The van der Waals surface area contributed by atoms with E-state index in [0.717, 1.165) is 16.7 Å². The molecule has 0 saturated heterocycles. The predicted molar refractivity (Wildman–Crippen MR) is 69.3 cm³/mol. The van der Waals surface area contributed by atoms with Gasteiger partial charge in [0.15, 0.2) is 0 Å². The number of aromatic nitrogens is 2. The van der Waals surface area contributed by atoms with Crippen molar-refractivity contribution in [2.75, 3.05) is 5.73 Å². The van der Waals surface area contributed by atoms with Crippen molar-refractivity contribution >= 4 is 11.3 Å². The third-order valence-corrected chi connectivity index (χ3v) is 2.59. The third kappa shape index (κ3) is 2.45. The molecule has 2 aromatic rings. The highest BCUT2D eigenvalue weighted by Gasteiger charge is 2.08. The molecule has 0 radical (unpaired) electrons. The lowest BCUT2D eigenvalue weighted by molar-refractivity contribution is 0.141. The van der Waals surface area contributed by atoms with Crippen molar-refractivity contribution in [3.8, 4) is 5.88 Å². The van der Waals surface area contributed by atoms with E-state index in [2.05, 4.69) is 11.7 Å². The molecular formula is C13H15N3O2. The van der Waals surface area contributed by atoms with Crippen molar-refractivity contribution in [3.05, 3.63) is 48.2 Å². The number of benzene rings is 1. The number of rotatable bonds is 4. The van der Waals surface area contributed by atoms with Gasteiger partial charge in [-0.25, -0.2) is 0 Å². The highest BCUT2D eigenvalue weighted by Crippen LogP contribution is 2.24. The fourth-order valence-corrected chi connectivity index (χ4v) is 1.69. The Bertz CT molecular complexity index is 575. The highest BCUT2D eigenvalue weighted by atomic mass is 16.5. The summed E-state index contributed by atoms with van der Waals surface area (Å²) in [6.45, 7) is 6.12. The molecule has 0 fully saturated rings. The topological polar surface area (TPSA) is 73.3 Å². The standard InChI is InChI=1S/C13H15N3O2/c1-9(2)10-4-3-5-12(14)11(10)8-18-13-6-7-16(17)15-13/h3-7,17H,1,8,14H2,2H3. The van der Waals surface area contributed by atoms with Crippen molar-refractivity contribution in [3.63, 3.8) is 0 Å². The van der Waals surface area contributed by atoms with Crippen LogP contribution in [0.5, 0.6) is 5.88 Å². The SMILES string of the molecule is C=C(C)c1cccc(N)c1COc1ccn(O)n1. The van der Waals surface area contributed by atoms with Crippen LogP contribution < -0.4 is 10.5 Å². The molecule has 2 rings (SSSR count). The predicted octanol–water partition coefficient (Wildman–Crippen LogP) is 2.31. The van der Waals surface area contributed by atoms with Crippen LogP contribution in [-0.4, -0.2) is 15.2 Å². The van der Waals surface area contributed by atoms with E-state index >= 15 is 0 Å². The number of nitrogen functional groups attached to an aromatic ring is 1. The summed E-state index contributed by atoms with van der Waals surface area (Å²) in [4.78, 5) is 0.698. The van der Waals surface area contributed by atoms with Crippen molar-refractivity contribution in [2.24, 2.45) is 0 Å². The van der Waals surface area contributed by atoms with Gasteiger partial charge in [-0.1, -0.05) is 29.4 Å². The quantitative estimate of drug-likeness (QED) is 0.640. The molecule has 0 aliphatic rings. The van der Waals surface area contributed by atoms with Gasteiger partial charge in [-0.15, -0.1) is 4.85 Å². The Balaban J connectivity index is 2.20. The van der Waals surface area contributed by atoms with Gasteiger partial charge in [0.05, 0.1) is 6.20 Å². The average molecular weight is 245 g/mol. The van der Waals surface area contributed by atoms with E-state index in [0.29, 0.717) is 16.4 Å². The molecule has 1 aromatic carbocycles. The second kappa shape index (κ2) is 4.83. The van der Waals surface area contributed by atoms with Crippen molar-refractivity contribution in [2.45, 2.75) is 13.5 Å². The highest BCUT2D eigenvalue weighted by molar-refractivity contribution is 5.69. The molecule has 0 unspecified atom stereocenters. The Morgan fingerprint density at radius 3 is 2.89 bits per heavy atom. The maximum absolute atomic E-state index is 9.03. The first-order chi connectivity index (χ1) is 8.58. The van der Waals surface area contributed by atoms with E-state index in [1.165, 1.54) is 6.20 Å². The number of ether oxygens (including phenoxy) is 1. The van der Waals surface area contributed by atoms with Crippen LogP contribution in [0.3, 0.4) is 0 Å². The third-order valence-electron chi connectivity index (χ3n) is 2.59. The molecular weight excluding hydrogens is 230 g/mol. The second-order valence-corrected chi connectivity index (χ2v) is 4.02. The largest absolute Gasteiger partial charge is 0.472 e. The van der Waals surface area contributed by atoms with Gasteiger partial charge in [-0.2, -0.15) is 0 Å². The summed E-state index contributed by atoms with van der Waals surface area (Å²) >= 11 is 0. The first kappa shape index (κ1) is 12.0. The molecule has 1 heterocycles. The molecule has 0 bridgehead atoms. The first-order valence-electron chi connectivity index (χ1n) is 5.49. The van der Waals surface area contributed by atoms with Gasteiger partial charge in [0.1, 0.15) is 6.61 Å². The number of hydrogen-bond acceptors (Lipinski definition) is 4. The normalized spacial score (nSPS) is 10.3. The fourth-order valence-electron chi connectivity index (χ4n) is 1.69. The molecule has 18 heavy (non-hydrogen) atoms. The van der Waals surface area contributed by atoms with Gasteiger partial charge in [0, 0.05) is 17.3 Å². The van der Waals surface area contributed by atoms with E-state index in [-0.39, 0.29) is 6.61 Å². The lowest BCUT2D eigenvalue weighted by Crippen LogP contribution is -2.04. The molecule has 0 saturated carbocycles. The summed E-state index contributed by atoms with van der Waals surface area (Å²) in [5, 5.41) is 12.8. The van der Waals surface area contributed by atoms with E-state index < -0.39 is 0 Å². The molecule has 94 valence electrons. The smallest absolute Gasteiger partial charge is 0.236 e. The Hall–Kier alpha value is -2.43. The molecule has 5 heteroatoms. The van der Waals surface area contributed by atoms with Crippen molar-refractivity contribution < 1.29 is 9.94 Å². The zero-order valence-corrected chi connectivity index (χ0v) is 10.1. The van der Waals surface area contributed by atoms with Crippen LogP contribution in [0.1, 0.15) is 18.1 Å². The van der Waals surface area contributed by atoms with Gasteiger partial charge >= 0.3 is 0 Å². The summed E-state index contributed by atoms with van der Waals surface area (Å²) in [7, 11) is 0. The number of nitrogens with two attached hydrogens (primary N) is 1. The lowest BCUT2D eigenvalue weighted by Gasteiger charge is -2.12. The minimum Gasteiger partial charge on any atom is -0.472 e.